The van der Waals surface area contributed by atoms with Crippen LogP contribution >= 0.6 is 12.4 Å². The van der Waals surface area contributed by atoms with Gasteiger partial charge in [0.25, 0.3) is 5.91 Å². The van der Waals surface area contributed by atoms with E-state index in [1.807, 2.05) is 4.90 Å². The van der Waals surface area contributed by atoms with Gasteiger partial charge in [0, 0.05) is 39.3 Å². The Morgan fingerprint density at radius 2 is 1.81 bits per heavy atom. The van der Waals surface area contributed by atoms with Crippen molar-refractivity contribution in [3.05, 3.63) is 0 Å². The molecular formula is C15H28ClN3O2. The van der Waals surface area contributed by atoms with Crippen LogP contribution < -0.4 is 5.32 Å². The fourth-order valence-electron chi connectivity index (χ4n) is 3.56. The molecule has 3 heterocycles. The van der Waals surface area contributed by atoms with Crippen LogP contribution in [0.3, 0.4) is 0 Å². The predicted molar refractivity (Wildman–Crippen MR) is 84.8 cm³/mol. The Morgan fingerprint density at radius 1 is 1.10 bits per heavy atom. The van der Waals surface area contributed by atoms with Gasteiger partial charge in [0.15, 0.2) is 0 Å². The Hall–Kier alpha value is -0.360. The maximum Gasteiger partial charge on any atom is 0.251 e. The molecule has 0 aliphatic carbocycles. The van der Waals surface area contributed by atoms with Gasteiger partial charge in [0.2, 0.25) is 0 Å². The second-order valence-electron chi connectivity index (χ2n) is 6.32. The lowest BCUT2D eigenvalue weighted by molar-refractivity contribution is -0.142. The van der Waals surface area contributed by atoms with Crippen molar-refractivity contribution in [3.63, 3.8) is 0 Å². The number of ether oxygens (including phenoxy) is 1. The fraction of sp³-hybridized carbons (Fsp3) is 0.933. The fourth-order valence-corrected chi connectivity index (χ4v) is 3.56. The Labute approximate surface area is 133 Å². The van der Waals surface area contributed by atoms with Crippen molar-refractivity contribution >= 4 is 18.3 Å². The summed E-state index contributed by atoms with van der Waals surface area (Å²) in [6.45, 7) is 8.12. The van der Waals surface area contributed by atoms with E-state index in [0.29, 0.717) is 0 Å². The average Bonchev–Trinajstić information content (AvgIpc) is 3.03. The molecule has 1 unspecified atom stereocenters. The first kappa shape index (κ1) is 17.0. The first-order valence-corrected chi connectivity index (χ1v) is 8.16. The van der Waals surface area contributed by atoms with Crippen molar-refractivity contribution in [1.82, 2.24) is 15.1 Å². The highest BCUT2D eigenvalue weighted by molar-refractivity contribution is 5.85. The van der Waals surface area contributed by atoms with E-state index in [1.165, 1.54) is 32.5 Å². The van der Waals surface area contributed by atoms with E-state index in [9.17, 15) is 4.79 Å². The summed E-state index contributed by atoms with van der Waals surface area (Å²) in [5.41, 5.74) is 0. The quantitative estimate of drug-likeness (QED) is 0.833. The molecule has 3 rings (SSSR count). The number of hydrogen-bond acceptors (Lipinski definition) is 4. The number of amides is 1. The molecule has 1 amide bonds. The van der Waals surface area contributed by atoms with Crippen LogP contribution in [0.2, 0.25) is 0 Å². The van der Waals surface area contributed by atoms with E-state index in [2.05, 4.69) is 10.2 Å². The SMILES string of the molecule is Cl.O=C(C1CCCO1)N1CCN(CC2CCNCC2)CC1. The molecule has 1 atom stereocenters. The van der Waals surface area contributed by atoms with E-state index in [1.54, 1.807) is 0 Å². The minimum absolute atomic E-state index is 0. The van der Waals surface area contributed by atoms with Gasteiger partial charge in [0.05, 0.1) is 0 Å². The third-order valence-corrected chi connectivity index (χ3v) is 4.86. The van der Waals surface area contributed by atoms with Gasteiger partial charge < -0.3 is 15.0 Å². The molecule has 0 radical (unpaired) electrons. The number of carbonyl (C=O) groups is 1. The van der Waals surface area contributed by atoms with Crippen molar-refractivity contribution < 1.29 is 9.53 Å². The number of piperazine rings is 1. The molecular weight excluding hydrogens is 290 g/mol. The molecule has 0 bridgehead atoms. The summed E-state index contributed by atoms with van der Waals surface area (Å²) in [4.78, 5) is 16.8. The molecule has 0 aromatic carbocycles. The van der Waals surface area contributed by atoms with Crippen molar-refractivity contribution in [2.45, 2.75) is 31.8 Å². The third kappa shape index (κ3) is 4.55. The Bertz CT molecular complexity index is 323. The summed E-state index contributed by atoms with van der Waals surface area (Å²) in [5, 5.41) is 3.42. The van der Waals surface area contributed by atoms with Crippen LogP contribution in [0.25, 0.3) is 0 Å². The van der Waals surface area contributed by atoms with Crippen molar-refractivity contribution in [2.24, 2.45) is 5.92 Å². The molecule has 0 aromatic heterocycles. The molecule has 3 aliphatic rings. The minimum atomic E-state index is -0.147. The topological polar surface area (TPSA) is 44.8 Å². The molecule has 0 spiro atoms. The van der Waals surface area contributed by atoms with E-state index >= 15 is 0 Å². The second-order valence-corrected chi connectivity index (χ2v) is 6.32. The van der Waals surface area contributed by atoms with Crippen LogP contribution in [0.4, 0.5) is 0 Å². The van der Waals surface area contributed by atoms with Crippen LogP contribution in [0.15, 0.2) is 0 Å². The van der Waals surface area contributed by atoms with Crippen LogP contribution in [0, 0.1) is 5.92 Å². The molecule has 1 N–H and O–H groups in total. The largest absolute Gasteiger partial charge is 0.368 e. The number of nitrogens with one attached hydrogen (secondary N) is 1. The van der Waals surface area contributed by atoms with Crippen molar-refractivity contribution in [2.75, 3.05) is 52.4 Å². The average molecular weight is 318 g/mol. The summed E-state index contributed by atoms with van der Waals surface area (Å²) in [5.74, 6) is 1.07. The summed E-state index contributed by atoms with van der Waals surface area (Å²) >= 11 is 0. The Balaban J connectivity index is 0.00000161. The van der Waals surface area contributed by atoms with Crippen molar-refractivity contribution in [3.8, 4) is 0 Å². The lowest BCUT2D eigenvalue weighted by Crippen LogP contribution is -2.52. The van der Waals surface area contributed by atoms with Crippen LogP contribution in [0.1, 0.15) is 25.7 Å². The maximum atomic E-state index is 12.3. The summed E-state index contributed by atoms with van der Waals surface area (Å²) < 4.78 is 5.50. The number of carbonyl (C=O) groups excluding carboxylic acids is 1. The summed E-state index contributed by atoms with van der Waals surface area (Å²) in [6.07, 6.45) is 4.40. The smallest absolute Gasteiger partial charge is 0.251 e. The normalized spacial score (nSPS) is 28.4. The van der Waals surface area contributed by atoms with Crippen LogP contribution in [-0.2, 0) is 9.53 Å². The highest BCUT2D eigenvalue weighted by Crippen LogP contribution is 2.18. The zero-order valence-electron chi connectivity index (χ0n) is 12.8. The molecule has 6 heteroatoms. The maximum absolute atomic E-state index is 12.3. The van der Waals surface area contributed by atoms with E-state index < -0.39 is 0 Å². The zero-order chi connectivity index (χ0) is 13.8. The van der Waals surface area contributed by atoms with Crippen molar-refractivity contribution in [1.29, 1.82) is 0 Å². The molecule has 0 aromatic rings. The molecule has 3 saturated heterocycles. The monoisotopic (exact) mass is 317 g/mol. The van der Waals surface area contributed by atoms with E-state index in [4.69, 9.17) is 4.74 Å². The molecule has 3 fully saturated rings. The lowest BCUT2D eigenvalue weighted by Gasteiger charge is -2.38. The molecule has 21 heavy (non-hydrogen) atoms. The molecule has 5 nitrogen and oxygen atoms in total. The number of nitrogens with zero attached hydrogens (tertiary/aromatic N) is 2. The number of hydrogen-bond donors (Lipinski definition) is 1. The van der Waals surface area contributed by atoms with Crippen LogP contribution in [0.5, 0.6) is 0 Å². The summed E-state index contributed by atoms with van der Waals surface area (Å²) in [7, 11) is 0. The number of rotatable bonds is 3. The standard InChI is InChI=1S/C15H27N3O2.ClH/c19-15(14-2-1-11-20-14)18-9-7-17(8-10-18)12-13-3-5-16-6-4-13;/h13-14,16H,1-12H2;1H. The Kier molecular flexibility index (Phi) is 6.74. The van der Waals surface area contributed by atoms with Gasteiger partial charge in [-0.3, -0.25) is 9.69 Å². The molecule has 0 saturated carbocycles. The highest BCUT2D eigenvalue weighted by Gasteiger charge is 2.30. The highest BCUT2D eigenvalue weighted by atomic mass is 35.5. The second kappa shape index (κ2) is 8.32. The summed E-state index contributed by atoms with van der Waals surface area (Å²) in [6, 6.07) is 0. The van der Waals surface area contributed by atoms with E-state index in [-0.39, 0.29) is 24.4 Å². The molecule has 3 aliphatic heterocycles. The van der Waals surface area contributed by atoms with Gasteiger partial charge in [-0.15, -0.1) is 12.4 Å². The van der Waals surface area contributed by atoms with Gasteiger partial charge in [0.1, 0.15) is 6.10 Å². The Morgan fingerprint density at radius 3 is 2.43 bits per heavy atom. The number of piperidine rings is 1. The van der Waals surface area contributed by atoms with Gasteiger partial charge in [-0.2, -0.15) is 0 Å². The van der Waals surface area contributed by atoms with Gasteiger partial charge in [-0.05, 0) is 44.7 Å². The molecule has 122 valence electrons. The van der Waals surface area contributed by atoms with Crippen LogP contribution in [-0.4, -0.2) is 74.2 Å². The van der Waals surface area contributed by atoms with Gasteiger partial charge in [-0.1, -0.05) is 0 Å². The van der Waals surface area contributed by atoms with Gasteiger partial charge >= 0.3 is 0 Å². The lowest BCUT2D eigenvalue weighted by atomic mass is 9.97. The number of halogens is 1. The first-order valence-electron chi connectivity index (χ1n) is 8.16. The van der Waals surface area contributed by atoms with Gasteiger partial charge in [-0.25, -0.2) is 0 Å². The first-order chi connectivity index (χ1) is 9.83. The van der Waals surface area contributed by atoms with E-state index in [0.717, 1.165) is 51.5 Å². The predicted octanol–water partition coefficient (Wildman–Crippen LogP) is 0.731. The minimum Gasteiger partial charge on any atom is -0.368 e. The third-order valence-electron chi connectivity index (χ3n) is 4.86. The zero-order valence-corrected chi connectivity index (χ0v) is 13.6.